The van der Waals surface area contributed by atoms with Crippen LogP contribution < -0.4 is 4.90 Å². The summed E-state index contributed by atoms with van der Waals surface area (Å²) in [5.41, 5.74) is 0. The smallest absolute Gasteiger partial charge is 0.396 e. The van der Waals surface area contributed by atoms with Gasteiger partial charge in [-0.15, -0.1) is 0 Å². The third-order valence-electron chi connectivity index (χ3n) is 2.22. The van der Waals surface area contributed by atoms with E-state index >= 15 is 0 Å². The van der Waals surface area contributed by atoms with Gasteiger partial charge in [0, 0.05) is 19.9 Å². The minimum atomic E-state index is -4.45. The van der Waals surface area contributed by atoms with Gasteiger partial charge in [-0.1, -0.05) is 0 Å². The molecule has 0 aliphatic rings. The van der Waals surface area contributed by atoms with Crippen LogP contribution in [0.5, 0.6) is 0 Å². The Hall–Kier alpha value is -1.08. The van der Waals surface area contributed by atoms with Gasteiger partial charge in [0.1, 0.15) is 11.9 Å². The first kappa shape index (κ1) is 14.0. The number of hydrogen-bond acceptors (Lipinski definition) is 4. The molecule has 1 rings (SSSR count). The normalized spacial score (nSPS) is 13.5. The molecule has 96 valence electrons. The van der Waals surface area contributed by atoms with Gasteiger partial charge in [0.15, 0.2) is 0 Å². The highest BCUT2D eigenvalue weighted by atomic mass is 35.5. The van der Waals surface area contributed by atoms with Gasteiger partial charge in [0.05, 0.1) is 0 Å². The molecule has 0 aliphatic carbocycles. The first-order chi connectivity index (χ1) is 7.86. The van der Waals surface area contributed by atoms with Gasteiger partial charge >= 0.3 is 6.18 Å². The summed E-state index contributed by atoms with van der Waals surface area (Å²) in [4.78, 5) is 8.20. The zero-order valence-electron chi connectivity index (χ0n) is 8.95. The molecule has 1 aromatic heterocycles. The molecule has 0 aliphatic heterocycles. The molecule has 17 heavy (non-hydrogen) atoms. The van der Waals surface area contributed by atoms with E-state index in [9.17, 15) is 13.2 Å². The number of aliphatic hydroxyl groups excluding tert-OH is 1. The maximum Gasteiger partial charge on any atom is 0.408 e. The topological polar surface area (TPSA) is 49.2 Å². The van der Waals surface area contributed by atoms with E-state index in [0.29, 0.717) is 0 Å². The molecular weight excluding hydrogens is 259 g/mol. The molecule has 1 atom stereocenters. The maximum atomic E-state index is 12.7. The van der Waals surface area contributed by atoms with Crippen LogP contribution in [0.4, 0.5) is 19.0 Å². The quantitative estimate of drug-likeness (QED) is 0.848. The number of rotatable bonds is 4. The van der Waals surface area contributed by atoms with Crippen molar-refractivity contribution in [2.24, 2.45) is 0 Å². The van der Waals surface area contributed by atoms with Crippen molar-refractivity contribution < 1.29 is 18.3 Å². The van der Waals surface area contributed by atoms with Crippen molar-refractivity contribution in [3.8, 4) is 0 Å². The number of anilines is 1. The molecule has 0 aromatic carbocycles. The number of halogens is 4. The molecule has 1 aromatic rings. The van der Waals surface area contributed by atoms with Crippen LogP contribution in [0.2, 0.25) is 5.28 Å². The van der Waals surface area contributed by atoms with Crippen LogP contribution in [0.1, 0.15) is 6.42 Å². The molecule has 4 nitrogen and oxygen atoms in total. The van der Waals surface area contributed by atoms with Gasteiger partial charge in [0.2, 0.25) is 5.28 Å². The minimum Gasteiger partial charge on any atom is -0.396 e. The molecule has 0 saturated heterocycles. The lowest BCUT2D eigenvalue weighted by Crippen LogP contribution is -2.44. The second-order valence-corrected chi connectivity index (χ2v) is 3.70. The fourth-order valence-electron chi connectivity index (χ4n) is 1.38. The van der Waals surface area contributed by atoms with Crippen LogP contribution in [0.15, 0.2) is 12.3 Å². The summed E-state index contributed by atoms with van der Waals surface area (Å²) in [6.45, 7) is -0.562. The Kier molecular flexibility index (Phi) is 4.53. The molecule has 0 saturated carbocycles. The summed E-state index contributed by atoms with van der Waals surface area (Å²) in [6.07, 6.45) is -3.61. The predicted molar refractivity (Wildman–Crippen MR) is 57.0 cm³/mol. The third kappa shape index (κ3) is 3.71. The lowest BCUT2D eigenvalue weighted by molar-refractivity contribution is -0.151. The summed E-state index contributed by atoms with van der Waals surface area (Å²) in [5.74, 6) is 0.0563. The van der Waals surface area contributed by atoms with Gasteiger partial charge in [-0.2, -0.15) is 13.2 Å². The van der Waals surface area contributed by atoms with Gasteiger partial charge in [-0.05, 0) is 24.1 Å². The van der Waals surface area contributed by atoms with E-state index in [1.807, 2.05) is 0 Å². The second kappa shape index (κ2) is 5.50. The van der Waals surface area contributed by atoms with Crippen LogP contribution in [0, 0.1) is 0 Å². The molecular formula is C9H11ClF3N3O. The van der Waals surface area contributed by atoms with Gasteiger partial charge in [-0.3, -0.25) is 0 Å². The Morgan fingerprint density at radius 1 is 1.53 bits per heavy atom. The first-order valence-corrected chi connectivity index (χ1v) is 5.13. The number of aliphatic hydroxyl groups is 1. The Morgan fingerprint density at radius 2 is 2.18 bits per heavy atom. The van der Waals surface area contributed by atoms with Crippen LogP contribution in [0.3, 0.4) is 0 Å². The maximum absolute atomic E-state index is 12.7. The summed E-state index contributed by atoms with van der Waals surface area (Å²) >= 11 is 5.51. The van der Waals surface area contributed by atoms with Crippen LogP contribution in [0.25, 0.3) is 0 Å². The van der Waals surface area contributed by atoms with Crippen LogP contribution in [-0.4, -0.2) is 40.9 Å². The average Bonchev–Trinajstić information content (AvgIpc) is 2.23. The summed E-state index contributed by atoms with van der Waals surface area (Å²) in [7, 11) is 1.24. The van der Waals surface area contributed by atoms with E-state index in [-0.39, 0.29) is 11.1 Å². The lowest BCUT2D eigenvalue weighted by atomic mass is 10.2. The zero-order chi connectivity index (χ0) is 13.1. The largest absolute Gasteiger partial charge is 0.408 e. The van der Waals surface area contributed by atoms with Crippen molar-refractivity contribution >= 4 is 17.4 Å². The fraction of sp³-hybridized carbons (Fsp3) is 0.556. The summed E-state index contributed by atoms with van der Waals surface area (Å²) in [5, 5.41) is 8.54. The van der Waals surface area contributed by atoms with E-state index < -0.39 is 25.2 Å². The molecule has 1 heterocycles. The van der Waals surface area contributed by atoms with Gasteiger partial charge < -0.3 is 10.0 Å². The minimum absolute atomic E-state index is 0.0563. The molecule has 1 N–H and O–H groups in total. The monoisotopic (exact) mass is 269 g/mol. The van der Waals surface area contributed by atoms with Crippen molar-refractivity contribution in [2.45, 2.75) is 18.6 Å². The molecule has 0 spiro atoms. The van der Waals surface area contributed by atoms with Gasteiger partial charge in [-0.25, -0.2) is 9.97 Å². The lowest BCUT2D eigenvalue weighted by Gasteiger charge is -2.30. The Morgan fingerprint density at radius 3 is 2.65 bits per heavy atom. The SMILES string of the molecule is CN(c1ccnc(Cl)n1)C(CCO)C(F)(F)F. The van der Waals surface area contributed by atoms with E-state index in [4.69, 9.17) is 16.7 Å². The van der Waals surface area contributed by atoms with Crippen molar-refractivity contribution in [3.05, 3.63) is 17.5 Å². The van der Waals surface area contributed by atoms with Crippen molar-refractivity contribution in [2.75, 3.05) is 18.6 Å². The van der Waals surface area contributed by atoms with Crippen molar-refractivity contribution in [3.63, 3.8) is 0 Å². The predicted octanol–water partition coefficient (Wildman–Crippen LogP) is 1.88. The molecule has 0 amide bonds. The highest BCUT2D eigenvalue weighted by Gasteiger charge is 2.42. The first-order valence-electron chi connectivity index (χ1n) is 4.75. The van der Waals surface area contributed by atoms with E-state index in [1.165, 1.54) is 19.3 Å². The Balaban J connectivity index is 2.95. The molecule has 0 fully saturated rings. The number of nitrogens with zero attached hydrogens (tertiary/aromatic N) is 3. The standard InChI is InChI=1S/C9H11ClF3N3O/c1-16(6(3-5-17)9(11,12)13)7-2-4-14-8(10)15-7/h2,4,6,17H,3,5H2,1H3. The van der Waals surface area contributed by atoms with Crippen molar-refractivity contribution in [1.82, 2.24) is 9.97 Å². The highest BCUT2D eigenvalue weighted by Crippen LogP contribution is 2.29. The second-order valence-electron chi connectivity index (χ2n) is 3.36. The van der Waals surface area contributed by atoms with E-state index in [2.05, 4.69) is 9.97 Å². The van der Waals surface area contributed by atoms with Crippen LogP contribution in [-0.2, 0) is 0 Å². The molecule has 1 unspecified atom stereocenters. The van der Waals surface area contributed by atoms with E-state index in [1.54, 1.807) is 0 Å². The highest BCUT2D eigenvalue weighted by molar-refractivity contribution is 6.28. The Labute approximate surface area is 101 Å². The third-order valence-corrected chi connectivity index (χ3v) is 2.40. The number of aromatic nitrogens is 2. The van der Waals surface area contributed by atoms with Crippen molar-refractivity contribution in [1.29, 1.82) is 0 Å². The molecule has 8 heteroatoms. The molecule has 0 radical (unpaired) electrons. The summed E-state index contributed by atoms with van der Waals surface area (Å²) < 4.78 is 38.1. The zero-order valence-corrected chi connectivity index (χ0v) is 9.70. The van der Waals surface area contributed by atoms with Gasteiger partial charge in [0.25, 0.3) is 0 Å². The summed E-state index contributed by atoms with van der Waals surface area (Å²) in [6, 6.07) is -0.486. The molecule has 0 bridgehead atoms. The fourth-order valence-corrected chi connectivity index (χ4v) is 1.52. The van der Waals surface area contributed by atoms with E-state index in [0.717, 1.165) is 4.90 Å². The number of alkyl halides is 3. The average molecular weight is 270 g/mol. The number of hydrogen-bond donors (Lipinski definition) is 1. The Bertz CT molecular complexity index is 375. The van der Waals surface area contributed by atoms with Crippen LogP contribution >= 0.6 is 11.6 Å².